The van der Waals surface area contributed by atoms with Gasteiger partial charge in [0.15, 0.2) is 0 Å². The van der Waals surface area contributed by atoms with Crippen molar-refractivity contribution in [2.45, 2.75) is 18.9 Å². The number of nitrogens with zero attached hydrogens (tertiary/aromatic N) is 2. The lowest BCUT2D eigenvalue weighted by molar-refractivity contribution is 0.0685. The van der Waals surface area contributed by atoms with E-state index in [1.165, 1.54) is 0 Å². The highest BCUT2D eigenvalue weighted by Crippen LogP contribution is 2.20. The molecule has 1 fully saturated rings. The highest BCUT2D eigenvalue weighted by atomic mass is 79.9. The Kier molecular flexibility index (Phi) is 3.18. The molecular formula is C13H13BrN2O2. The maximum absolute atomic E-state index is 12.4. The van der Waals surface area contributed by atoms with E-state index in [1.54, 1.807) is 10.9 Å². The summed E-state index contributed by atoms with van der Waals surface area (Å²) in [5, 5.41) is 0.665. The van der Waals surface area contributed by atoms with Gasteiger partial charge in [-0.2, -0.15) is 0 Å². The van der Waals surface area contributed by atoms with E-state index in [2.05, 4.69) is 20.9 Å². The van der Waals surface area contributed by atoms with Gasteiger partial charge in [-0.05, 0) is 31.0 Å². The molecule has 1 aromatic heterocycles. The molecule has 1 saturated heterocycles. The lowest BCUT2D eigenvalue weighted by Gasteiger charge is -2.23. The fourth-order valence-electron chi connectivity index (χ4n) is 2.33. The van der Waals surface area contributed by atoms with Crippen LogP contribution in [0.2, 0.25) is 0 Å². The SMILES string of the molecule is O=c1c2cc(Br)ccc2ncn1C1CCOCC1. The maximum atomic E-state index is 12.4. The Morgan fingerprint density at radius 2 is 2.11 bits per heavy atom. The molecule has 0 bridgehead atoms. The Labute approximate surface area is 113 Å². The van der Waals surface area contributed by atoms with Crippen LogP contribution in [0.15, 0.2) is 33.8 Å². The van der Waals surface area contributed by atoms with E-state index in [0.29, 0.717) is 18.6 Å². The van der Waals surface area contributed by atoms with Crippen molar-refractivity contribution in [1.29, 1.82) is 0 Å². The van der Waals surface area contributed by atoms with E-state index in [1.807, 2.05) is 18.2 Å². The zero-order valence-corrected chi connectivity index (χ0v) is 11.4. The summed E-state index contributed by atoms with van der Waals surface area (Å²) in [6.45, 7) is 1.43. The first-order valence-electron chi connectivity index (χ1n) is 6.00. The van der Waals surface area contributed by atoms with E-state index >= 15 is 0 Å². The molecule has 3 rings (SSSR count). The van der Waals surface area contributed by atoms with Crippen molar-refractivity contribution in [3.63, 3.8) is 0 Å². The van der Waals surface area contributed by atoms with Gasteiger partial charge in [0.1, 0.15) is 0 Å². The first-order chi connectivity index (χ1) is 8.75. The normalized spacial score (nSPS) is 17.2. The second-order valence-corrected chi connectivity index (χ2v) is 5.38. The van der Waals surface area contributed by atoms with Gasteiger partial charge in [0.05, 0.1) is 17.2 Å². The molecule has 94 valence electrons. The minimum Gasteiger partial charge on any atom is -0.381 e. The van der Waals surface area contributed by atoms with Gasteiger partial charge < -0.3 is 4.74 Å². The molecule has 0 amide bonds. The zero-order chi connectivity index (χ0) is 12.5. The molecule has 1 aromatic carbocycles. The van der Waals surface area contributed by atoms with Gasteiger partial charge >= 0.3 is 0 Å². The predicted molar refractivity (Wildman–Crippen MR) is 72.8 cm³/mol. The Morgan fingerprint density at radius 1 is 1.33 bits per heavy atom. The van der Waals surface area contributed by atoms with Crippen molar-refractivity contribution >= 4 is 26.8 Å². The van der Waals surface area contributed by atoms with Crippen LogP contribution in [0.25, 0.3) is 10.9 Å². The third kappa shape index (κ3) is 2.08. The zero-order valence-electron chi connectivity index (χ0n) is 9.80. The number of fused-ring (bicyclic) bond motifs is 1. The highest BCUT2D eigenvalue weighted by Gasteiger charge is 2.17. The van der Waals surface area contributed by atoms with Crippen LogP contribution in [0.5, 0.6) is 0 Å². The third-order valence-corrected chi connectivity index (χ3v) is 3.82. The van der Waals surface area contributed by atoms with Crippen LogP contribution in [0.4, 0.5) is 0 Å². The van der Waals surface area contributed by atoms with Crippen LogP contribution in [-0.2, 0) is 4.74 Å². The van der Waals surface area contributed by atoms with Crippen molar-refractivity contribution in [1.82, 2.24) is 9.55 Å². The number of ether oxygens (including phenoxy) is 1. The van der Waals surface area contributed by atoms with E-state index in [-0.39, 0.29) is 11.6 Å². The molecule has 0 saturated carbocycles. The summed E-state index contributed by atoms with van der Waals surface area (Å²) in [5.41, 5.74) is 0.778. The minimum atomic E-state index is 0.0354. The molecule has 18 heavy (non-hydrogen) atoms. The van der Waals surface area contributed by atoms with Crippen molar-refractivity contribution < 1.29 is 4.74 Å². The average molecular weight is 309 g/mol. The third-order valence-electron chi connectivity index (χ3n) is 3.33. The Balaban J connectivity index is 2.13. The molecule has 0 radical (unpaired) electrons. The van der Waals surface area contributed by atoms with Crippen molar-refractivity contribution in [2.24, 2.45) is 0 Å². The molecule has 0 aliphatic carbocycles. The maximum Gasteiger partial charge on any atom is 0.261 e. The van der Waals surface area contributed by atoms with E-state index < -0.39 is 0 Å². The molecule has 2 aromatic rings. The van der Waals surface area contributed by atoms with Crippen LogP contribution in [0, 0.1) is 0 Å². The number of hydrogen-bond donors (Lipinski definition) is 0. The van der Waals surface area contributed by atoms with Gasteiger partial charge in [-0.3, -0.25) is 9.36 Å². The second-order valence-electron chi connectivity index (χ2n) is 4.46. The first-order valence-corrected chi connectivity index (χ1v) is 6.79. The Morgan fingerprint density at radius 3 is 2.89 bits per heavy atom. The van der Waals surface area contributed by atoms with Crippen LogP contribution in [0.3, 0.4) is 0 Å². The van der Waals surface area contributed by atoms with Crippen LogP contribution < -0.4 is 5.56 Å². The summed E-state index contributed by atoms with van der Waals surface area (Å²) in [7, 11) is 0. The summed E-state index contributed by atoms with van der Waals surface area (Å²) in [4.78, 5) is 16.8. The van der Waals surface area contributed by atoms with Crippen molar-refractivity contribution in [2.75, 3.05) is 13.2 Å². The largest absolute Gasteiger partial charge is 0.381 e. The van der Waals surface area contributed by atoms with E-state index in [0.717, 1.165) is 22.8 Å². The lowest BCUT2D eigenvalue weighted by atomic mass is 10.1. The van der Waals surface area contributed by atoms with Crippen LogP contribution in [0.1, 0.15) is 18.9 Å². The molecule has 1 aliphatic rings. The van der Waals surface area contributed by atoms with Gasteiger partial charge in [0.25, 0.3) is 5.56 Å². The molecule has 1 aliphatic heterocycles. The number of hydrogen-bond acceptors (Lipinski definition) is 3. The van der Waals surface area contributed by atoms with E-state index in [4.69, 9.17) is 4.74 Å². The molecule has 5 heteroatoms. The summed E-state index contributed by atoms with van der Waals surface area (Å²) >= 11 is 3.39. The highest BCUT2D eigenvalue weighted by molar-refractivity contribution is 9.10. The minimum absolute atomic E-state index is 0.0354. The molecule has 0 atom stereocenters. The quantitative estimate of drug-likeness (QED) is 0.813. The average Bonchev–Trinajstić information content (AvgIpc) is 2.41. The van der Waals surface area contributed by atoms with Gasteiger partial charge in [-0.1, -0.05) is 15.9 Å². The Bertz CT molecular complexity index is 632. The van der Waals surface area contributed by atoms with Gasteiger partial charge in [0, 0.05) is 23.7 Å². The summed E-state index contributed by atoms with van der Waals surface area (Å²) in [6, 6.07) is 5.80. The standard InChI is InChI=1S/C13H13BrN2O2/c14-9-1-2-12-11(7-9)13(17)16(8-15-12)10-3-5-18-6-4-10/h1-2,7-8,10H,3-6H2. The van der Waals surface area contributed by atoms with Gasteiger partial charge in [-0.15, -0.1) is 0 Å². The fourth-order valence-corrected chi connectivity index (χ4v) is 2.69. The molecule has 0 unspecified atom stereocenters. The van der Waals surface area contributed by atoms with Crippen molar-refractivity contribution in [3.8, 4) is 0 Å². The van der Waals surface area contributed by atoms with Gasteiger partial charge in [0.2, 0.25) is 0 Å². The molecule has 0 spiro atoms. The van der Waals surface area contributed by atoms with Crippen LogP contribution >= 0.6 is 15.9 Å². The molecular weight excluding hydrogens is 296 g/mol. The smallest absolute Gasteiger partial charge is 0.261 e. The lowest BCUT2D eigenvalue weighted by Crippen LogP contribution is -2.29. The first kappa shape index (κ1) is 11.9. The van der Waals surface area contributed by atoms with Gasteiger partial charge in [-0.25, -0.2) is 4.98 Å². The molecule has 0 N–H and O–H groups in total. The van der Waals surface area contributed by atoms with E-state index in [9.17, 15) is 4.79 Å². The van der Waals surface area contributed by atoms with Crippen molar-refractivity contribution in [3.05, 3.63) is 39.4 Å². The number of halogens is 1. The predicted octanol–water partition coefficient (Wildman–Crippen LogP) is 2.51. The van der Waals surface area contributed by atoms with Crippen LogP contribution in [-0.4, -0.2) is 22.8 Å². The number of aromatic nitrogens is 2. The number of rotatable bonds is 1. The second kappa shape index (κ2) is 4.82. The monoisotopic (exact) mass is 308 g/mol. The topological polar surface area (TPSA) is 44.1 Å². The summed E-state index contributed by atoms with van der Waals surface area (Å²) in [6.07, 6.45) is 3.41. The molecule has 4 nitrogen and oxygen atoms in total. The summed E-state index contributed by atoms with van der Waals surface area (Å²) in [5.74, 6) is 0. The molecule has 2 heterocycles. The Hall–Kier alpha value is -1.20. The summed E-state index contributed by atoms with van der Waals surface area (Å²) < 4.78 is 7.97. The fraction of sp³-hybridized carbons (Fsp3) is 0.385. The number of benzene rings is 1.